The van der Waals surface area contributed by atoms with E-state index < -0.39 is 11.8 Å². The fourth-order valence-corrected chi connectivity index (χ4v) is 1.55. The molecule has 1 aliphatic rings. The monoisotopic (exact) mass is 236 g/mol. The summed E-state index contributed by atoms with van der Waals surface area (Å²) in [5, 5.41) is 8.91. The quantitative estimate of drug-likeness (QED) is 0.814. The molecule has 0 saturated carbocycles. The molecule has 0 spiro atoms. The van der Waals surface area contributed by atoms with Crippen LogP contribution in [-0.2, 0) is 0 Å². The SMILES string of the molecule is CC(C)(C)C1(C)Oc2ccc(C(=O)O)cc2O1. The van der Waals surface area contributed by atoms with Gasteiger partial charge >= 0.3 is 5.97 Å². The number of aromatic carboxylic acids is 1. The lowest BCUT2D eigenvalue weighted by molar-refractivity contribution is -0.142. The average Bonchev–Trinajstić information content (AvgIpc) is 2.52. The van der Waals surface area contributed by atoms with Crippen LogP contribution in [0.5, 0.6) is 11.5 Å². The third-order valence-corrected chi connectivity index (χ3v) is 3.16. The minimum atomic E-state index is -0.972. The molecule has 0 amide bonds. The Kier molecular flexibility index (Phi) is 2.35. The van der Waals surface area contributed by atoms with Gasteiger partial charge in [0.2, 0.25) is 0 Å². The van der Waals surface area contributed by atoms with Crippen molar-refractivity contribution >= 4 is 5.97 Å². The Balaban J connectivity index is 2.37. The number of hydrogen-bond acceptors (Lipinski definition) is 3. The maximum absolute atomic E-state index is 10.9. The maximum atomic E-state index is 10.9. The van der Waals surface area contributed by atoms with Crippen molar-refractivity contribution in [2.24, 2.45) is 5.41 Å². The van der Waals surface area contributed by atoms with Crippen molar-refractivity contribution in [3.05, 3.63) is 23.8 Å². The van der Waals surface area contributed by atoms with Gasteiger partial charge in [-0.2, -0.15) is 0 Å². The fourth-order valence-electron chi connectivity index (χ4n) is 1.55. The highest BCUT2D eigenvalue weighted by Gasteiger charge is 2.47. The van der Waals surface area contributed by atoms with Gasteiger partial charge in [-0.25, -0.2) is 4.79 Å². The molecule has 0 aliphatic carbocycles. The molecule has 17 heavy (non-hydrogen) atoms. The van der Waals surface area contributed by atoms with Crippen molar-refractivity contribution in [2.45, 2.75) is 33.5 Å². The van der Waals surface area contributed by atoms with Crippen LogP contribution < -0.4 is 9.47 Å². The highest BCUT2D eigenvalue weighted by Crippen LogP contribution is 2.46. The van der Waals surface area contributed by atoms with Gasteiger partial charge in [-0.05, 0) is 18.2 Å². The maximum Gasteiger partial charge on any atom is 0.335 e. The standard InChI is InChI=1S/C13H16O4/c1-12(2,3)13(4)16-9-6-5-8(11(14)15)7-10(9)17-13/h5-7H,1-4H3,(H,14,15). The summed E-state index contributed by atoms with van der Waals surface area (Å²) in [4.78, 5) is 10.9. The second kappa shape index (κ2) is 3.39. The summed E-state index contributed by atoms with van der Waals surface area (Å²) in [6.45, 7) is 7.89. The van der Waals surface area contributed by atoms with E-state index >= 15 is 0 Å². The normalized spacial score (nSPS) is 22.6. The molecule has 1 aliphatic heterocycles. The summed E-state index contributed by atoms with van der Waals surface area (Å²) in [5.41, 5.74) is -0.0133. The highest BCUT2D eigenvalue weighted by molar-refractivity contribution is 5.88. The van der Waals surface area contributed by atoms with E-state index in [4.69, 9.17) is 14.6 Å². The predicted molar refractivity (Wildman–Crippen MR) is 62.5 cm³/mol. The van der Waals surface area contributed by atoms with E-state index in [1.165, 1.54) is 12.1 Å². The summed E-state index contributed by atoms with van der Waals surface area (Å²) in [7, 11) is 0. The topological polar surface area (TPSA) is 55.8 Å². The average molecular weight is 236 g/mol. The summed E-state index contributed by atoms with van der Waals surface area (Å²) < 4.78 is 11.5. The van der Waals surface area contributed by atoms with Crippen LogP contribution in [0.25, 0.3) is 0 Å². The molecule has 0 fully saturated rings. The lowest BCUT2D eigenvalue weighted by Crippen LogP contribution is -2.47. The largest absolute Gasteiger partial charge is 0.478 e. The summed E-state index contributed by atoms with van der Waals surface area (Å²) >= 11 is 0. The number of rotatable bonds is 1. The van der Waals surface area contributed by atoms with E-state index in [9.17, 15) is 4.79 Å². The number of fused-ring (bicyclic) bond motifs is 1. The second-order valence-corrected chi connectivity index (χ2v) is 5.37. The van der Waals surface area contributed by atoms with Gasteiger partial charge in [-0.1, -0.05) is 20.8 Å². The number of benzene rings is 1. The molecular weight excluding hydrogens is 220 g/mol. The molecular formula is C13H16O4. The molecule has 92 valence electrons. The Morgan fingerprint density at radius 3 is 2.35 bits per heavy atom. The van der Waals surface area contributed by atoms with Crippen LogP contribution in [-0.4, -0.2) is 16.9 Å². The molecule has 4 nitrogen and oxygen atoms in total. The zero-order chi connectivity index (χ0) is 12.8. The van der Waals surface area contributed by atoms with Crippen LogP contribution in [0.2, 0.25) is 0 Å². The summed E-state index contributed by atoms with van der Waals surface area (Å²) in [6, 6.07) is 4.64. The highest BCUT2D eigenvalue weighted by atomic mass is 16.7. The number of ether oxygens (including phenoxy) is 2. The third-order valence-electron chi connectivity index (χ3n) is 3.16. The second-order valence-electron chi connectivity index (χ2n) is 5.37. The van der Waals surface area contributed by atoms with Gasteiger partial charge in [0, 0.05) is 12.3 Å². The van der Waals surface area contributed by atoms with Crippen molar-refractivity contribution in [1.82, 2.24) is 0 Å². The van der Waals surface area contributed by atoms with Crippen LogP contribution in [0.15, 0.2) is 18.2 Å². The smallest absolute Gasteiger partial charge is 0.335 e. The molecule has 1 N–H and O–H groups in total. The summed E-state index contributed by atoms with van der Waals surface area (Å²) in [6.07, 6.45) is 0. The van der Waals surface area contributed by atoms with Gasteiger partial charge in [0.1, 0.15) is 0 Å². The van der Waals surface area contributed by atoms with Crippen LogP contribution in [0.3, 0.4) is 0 Å². The number of carbonyl (C=O) groups is 1. The molecule has 0 aromatic heterocycles. The lowest BCUT2D eigenvalue weighted by atomic mass is 9.87. The molecule has 1 atom stereocenters. The lowest BCUT2D eigenvalue weighted by Gasteiger charge is -2.35. The van der Waals surface area contributed by atoms with Crippen molar-refractivity contribution in [2.75, 3.05) is 0 Å². The molecule has 1 aromatic rings. The Labute approximate surface area is 100 Å². The van der Waals surface area contributed by atoms with E-state index in [-0.39, 0.29) is 11.0 Å². The molecule has 0 bridgehead atoms. The van der Waals surface area contributed by atoms with E-state index in [1.54, 1.807) is 6.07 Å². The first-order valence-electron chi connectivity index (χ1n) is 5.48. The number of hydrogen-bond donors (Lipinski definition) is 1. The fraction of sp³-hybridized carbons (Fsp3) is 0.462. The molecule has 4 heteroatoms. The molecule has 1 heterocycles. The molecule has 0 saturated heterocycles. The van der Waals surface area contributed by atoms with E-state index in [0.717, 1.165) is 0 Å². The minimum absolute atomic E-state index is 0.200. The molecule has 2 rings (SSSR count). The molecule has 1 unspecified atom stereocenters. The number of carboxylic acid groups (broad SMARTS) is 1. The minimum Gasteiger partial charge on any atom is -0.478 e. The Morgan fingerprint density at radius 2 is 1.82 bits per heavy atom. The van der Waals surface area contributed by atoms with Crippen LogP contribution in [0.1, 0.15) is 38.1 Å². The first-order chi connectivity index (χ1) is 7.73. The molecule has 1 aromatic carbocycles. The Hall–Kier alpha value is -1.71. The number of carboxylic acids is 1. The Morgan fingerprint density at radius 1 is 1.24 bits per heavy atom. The van der Waals surface area contributed by atoms with Crippen molar-refractivity contribution in [3.8, 4) is 11.5 Å². The van der Waals surface area contributed by atoms with Crippen molar-refractivity contribution in [1.29, 1.82) is 0 Å². The first kappa shape index (κ1) is 11.8. The van der Waals surface area contributed by atoms with Gasteiger partial charge < -0.3 is 14.6 Å². The van der Waals surface area contributed by atoms with Gasteiger partial charge in [0.15, 0.2) is 11.5 Å². The van der Waals surface area contributed by atoms with Gasteiger partial charge in [0.25, 0.3) is 5.79 Å². The Bertz CT molecular complexity index is 473. The van der Waals surface area contributed by atoms with Crippen LogP contribution in [0, 0.1) is 5.41 Å². The summed E-state index contributed by atoms with van der Waals surface area (Å²) in [5.74, 6) is -0.664. The van der Waals surface area contributed by atoms with E-state index in [1.807, 2.05) is 27.7 Å². The predicted octanol–water partition coefficient (Wildman–Crippen LogP) is 2.92. The van der Waals surface area contributed by atoms with Crippen LogP contribution >= 0.6 is 0 Å². The van der Waals surface area contributed by atoms with Crippen LogP contribution in [0.4, 0.5) is 0 Å². The van der Waals surface area contributed by atoms with E-state index in [0.29, 0.717) is 11.5 Å². The zero-order valence-electron chi connectivity index (χ0n) is 10.4. The third kappa shape index (κ3) is 1.84. The van der Waals surface area contributed by atoms with Gasteiger partial charge in [0.05, 0.1) is 5.56 Å². The first-order valence-corrected chi connectivity index (χ1v) is 5.48. The van der Waals surface area contributed by atoms with Gasteiger partial charge in [-0.3, -0.25) is 0 Å². The zero-order valence-corrected chi connectivity index (χ0v) is 10.4. The van der Waals surface area contributed by atoms with Crippen molar-refractivity contribution < 1.29 is 19.4 Å². The molecule has 0 radical (unpaired) electrons. The van der Waals surface area contributed by atoms with Gasteiger partial charge in [-0.15, -0.1) is 0 Å². The van der Waals surface area contributed by atoms with E-state index in [2.05, 4.69) is 0 Å². The van der Waals surface area contributed by atoms with Crippen molar-refractivity contribution in [3.63, 3.8) is 0 Å².